The molecule has 1 unspecified atom stereocenters. The largest absolute Gasteiger partial charge is 0.465 e. The summed E-state index contributed by atoms with van der Waals surface area (Å²) in [6.45, 7) is 6.02. The third-order valence-electron chi connectivity index (χ3n) is 2.64. The summed E-state index contributed by atoms with van der Waals surface area (Å²) in [5.41, 5.74) is 1.55. The maximum atomic E-state index is 11.6. The van der Waals surface area contributed by atoms with Crippen molar-refractivity contribution < 1.29 is 14.3 Å². The van der Waals surface area contributed by atoms with E-state index in [1.54, 1.807) is 6.07 Å². The van der Waals surface area contributed by atoms with E-state index in [0.29, 0.717) is 25.3 Å². The van der Waals surface area contributed by atoms with Gasteiger partial charge in [0.2, 0.25) is 0 Å². The quantitative estimate of drug-likeness (QED) is 0.753. The van der Waals surface area contributed by atoms with Crippen molar-refractivity contribution in [1.82, 2.24) is 5.32 Å². The lowest BCUT2D eigenvalue weighted by atomic mass is 10.1. The van der Waals surface area contributed by atoms with E-state index in [2.05, 4.69) is 12.2 Å². The van der Waals surface area contributed by atoms with Crippen LogP contribution < -0.4 is 5.32 Å². The molecule has 0 saturated carbocycles. The molecule has 0 aliphatic rings. The summed E-state index contributed by atoms with van der Waals surface area (Å²) in [7, 11) is 1.39. The van der Waals surface area contributed by atoms with Gasteiger partial charge in [0.25, 0.3) is 0 Å². The zero-order valence-corrected chi connectivity index (χ0v) is 11.2. The van der Waals surface area contributed by atoms with E-state index in [9.17, 15) is 4.79 Å². The lowest BCUT2D eigenvalue weighted by Crippen LogP contribution is -2.30. The van der Waals surface area contributed by atoms with Crippen LogP contribution in [-0.2, 0) is 16.0 Å². The maximum absolute atomic E-state index is 11.6. The van der Waals surface area contributed by atoms with Gasteiger partial charge in [0, 0.05) is 19.2 Å². The Labute approximate surface area is 108 Å². The van der Waals surface area contributed by atoms with Crippen LogP contribution in [0.4, 0.5) is 0 Å². The zero-order chi connectivity index (χ0) is 13.4. The topological polar surface area (TPSA) is 47.6 Å². The van der Waals surface area contributed by atoms with Crippen LogP contribution in [-0.4, -0.2) is 32.3 Å². The van der Waals surface area contributed by atoms with Crippen molar-refractivity contribution >= 4 is 5.97 Å². The molecule has 4 heteroatoms. The SMILES string of the molecule is CCOCC(C)NCc1ccccc1C(=O)OC. The van der Waals surface area contributed by atoms with Crippen molar-refractivity contribution in [2.24, 2.45) is 0 Å². The van der Waals surface area contributed by atoms with Crippen LogP contribution in [0.15, 0.2) is 24.3 Å². The summed E-state index contributed by atoms with van der Waals surface area (Å²) in [5, 5.41) is 3.32. The fraction of sp³-hybridized carbons (Fsp3) is 0.500. The Morgan fingerprint density at radius 2 is 2.11 bits per heavy atom. The predicted molar refractivity (Wildman–Crippen MR) is 70.6 cm³/mol. The number of nitrogens with one attached hydrogen (secondary N) is 1. The van der Waals surface area contributed by atoms with E-state index in [1.165, 1.54) is 7.11 Å². The molecule has 0 heterocycles. The normalized spacial score (nSPS) is 12.2. The van der Waals surface area contributed by atoms with E-state index in [-0.39, 0.29) is 12.0 Å². The first-order valence-electron chi connectivity index (χ1n) is 6.16. The van der Waals surface area contributed by atoms with Crippen molar-refractivity contribution in [2.75, 3.05) is 20.3 Å². The summed E-state index contributed by atoms with van der Waals surface area (Å²) >= 11 is 0. The van der Waals surface area contributed by atoms with Gasteiger partial charge in [-0.1, -0.05) is 18.2 Å². The first-order chi connectivity index (χ1) is 8.69. The summed E-state index contributed by atoms with van der Waals surface area (Å²) < 4.78 is 10.1. The number of hydrogen-bond acceptors (Lipinski definition) is 4. The predicted octanol–water partition coefficient (Wildman–Crippen LogP) is 1.99. The highest BCUT2D eigenvalue weighted by atomic mass is 16.5. The number of hydrogen-bond donors (Lipinski definition) is 1. The first kappa shape index (κ1) is 14.7. The van der Waals surface area contributed by atoms with Crippen molar-refractivity contribution in [3.63, 3.8) is 0 Å². The van der Waals surface area contributed by atoms with Crippen LogP contribution in [0.25, 0.3) is 0 Å². The van der Waals surface area contributed by atoms with Crippen LogP contribution in [0.2, 0.25) is 0 Å². The summed E-state index contributed by atoms with van der Waals surface area (Å²) in [5.74, 6) is -0.301. The lowest BCUT2D eigenvalue weighted by molar-refractivity contribution is 0.0599. The molecule has 0 amide bonds. The van der Waals surface area contributed by atoms with Gasteiger partial charge in [-0.25, -0.2) is 4.79 Å². The van der Waals surface area contributed by atoms with Gasteiger partial charge in [-0.15, -0.1) is 0 Å². The number of methoxy groups -OCH3 is 1. The number of esters is 1. The highest BCUT2D eigenvalue weighted by Gasteiger charge is 2.11. The van der Waals surface area contributed by atoms with E-state index < -0.39 is 0 Å². The molecule has 0 aliphatic carbocycles. The van der Waals surface area contributed by atoms with E-state index in [0.717, 1.165) is 5.56 Å². The molecule has 0 fully saturated rings. The molecule has 1 aromatic carbocycles. The number of carbonyl (C=O) groups is 1. The number of benzene rings is 1. The molecule has 0 aromatic heterocycles. The van der Waals surface area contributed by atoms with Crippen LogP contribution in [0.5, 0.6) is 0 Å². The van der Waals surface area contributed by atoms with Crippen molar-refractivity contribution in [1.29, 1.82) is 0 Å². The molecule has 0 spiro atoms. The zero-order valence-electron chi connectivity index (χ0n) is 11.2. The molecule has 1 aromatic rings. The number of carbonyl (C=O) groups excluding carboxylic acids is 1. The third-order valence-corrected chi connectivity index (χ3v) is 2.64. The van der Waals surface area contributed by atoms with Crippen molar-refractivity contribution in [2.45, 2.75) is 26.4 Å². The van der Waals surface area contributed by atoms with Crippen LogP contribution in [0.3, 0.4) is 0 Å². The minimum Gasteiger partial charge on any atom is -0.465 e. The second-order valence-electron chi connectivity index (χ2n) is 4.09. The third kappa shape index (κ3) is 4.47. The monoisotopic (exact) mass is 251 g/mol. The molecular weight excluding hydrogens is 230 g/mol. The molecule has 1 N–H and O–H groups in total. The van der Waals surface area contributed by atoms with Crippen LogP contribution in [0, 0.1) is 0 Å². The Balaban J connectivity index is 2.59. The van der Waals surface area contributed by atoms with Gasteiger partial charge in [-0.3, -0.25) is 0 Å². The highest BCUT2D eigenvalue weighted by Crippen LogP contribution is 2.10. The lowest BCUT2D eigenvalue weighted by Gasteiger charge is -2.15. The molecule has 1 rings (SSSR count). The van der Waals surface area contributed by atoms with Gasteiger partial charge < -0.3 is 14.8 Å². The molecule has 0 saturated heterocycles. The molecule has 0 aliphatic heterocycles. The minimum absolute atomic E-state index is 0.246. The fourth-order valence-corrected chi connectivity index (χ4v) is 1.62. The molecule has 4 nitrogen and oxygen atoms in total. The average Bonchev–Trinajstić information content (AvgIpc) is 2.42. The Hall–Kier alpha value is -1.39. The Bertz CT molecular complexity index is 379. The van der Waals surface area contributed by atoms with Gasteiger partial charge in [0.15, 0.2) is 0 Å². The standard InChI is InChI=1S/C14H21NO3/c1-4-18-10-11(2)15-9-12-7-5-6-8-13(12)14(16)17-3/h5-8,11,15H,4,9-10H2,1-3H3. The van der Waals surface area contributed by atoms with Crippen molar-refractivity contribution in [3.05, 3.63) is 35.4 Å². The first-order valence-corrected chi connectivity index (χ1v) is 6.16. The fourth-order valence-electron chi connectivity index (χ4n) is 1.62. The minimum atomic E-state index is -0.301. The van der Waals surface area contributed by atoms with Gasteiger partial charge in [-0.2, -0.15) is 0 Å². The van der Waals surface area contributed by atoms with Gasteiger partial charge in [-0.05, 0) is 25.5 Å². The summed E-state index contributed by atoms with van der Waals surface area (Å²) in [6.07, 6.45) is 0. The Morgan fingerprint density at radius 3 is 2.78 bits per heavy atom. The molecule has 0 bridgehead atoms. The van der Waals surface area contributed by atoms with E-state index in [1.807, 2.05) is 25.1 Å². The van der Waals surface area contributed by atoms with E-state index >= 15 is 0 Å². The summed E-state index contributed by atoms with van der Waals surface area (Å²) in [6, 6.07) is 7.69. The second kappa shape index (κ2) is 7.84. The van der Waals surface area contributed by atoms with Gasteiger partial charge >= 0.3 is 5.97 Å². The van der Waals surface area contributed by atoms with Crippen LogP contribution in [0.1, 0.15) is 29.8 Å². The summed E-state index contributed by atoms with van der Waals surface area (Å²) in [4.78, 5) is 11.6. The maximum Gasteiger partial charge on any atom is 0.338 e. The highest BCUT2D eigenvalue weighted by molar-refractivity contribution is 5.90. The van der Waals surface area contributed by atoms with Gasteiger partial charge in [0.1, 0.15) is 0 Å². The molecule has 18 heavy (non-hydrogen) atoms. The second-order valence-corrected chi connectivity index (χ2v) is 4.09. The molecule has 0 radical (unpaired) electrons. The number of rotatable bonds is 7. The molecular formula is C14H21NO3. The van der Waals surface area contributed by atoms with Crippen LogP contribution >= 0.6 is 0 Å². The van der Waals surface area contributed by atoms with E-state index in [4.69, 9.17) is 9.47 Å². The molecule has 100 valence electrons. The van der Waals surface area contributed by atoms with Gasteiger partial charge in [0.05, 0.1) is 19.3 Å². The Morgan fingerprint density at radius 1 is 1.39 bits per heavy atom. The smallest absolute Gasteiger partial charge is 0.338 e. The Kier molecular flexibility index (Phi) is 6.39. The number of ether oxygens (including phenoxy) is 2. The van der Waals surface area contributed by atoms with Crippen molar-refractivity contribution in [3.8, 4) is 0 Å². The molecule has 1 atom stereocenters. The average molecular weight is 251 g/mol.